The van der Waals surface area contributed by atoms with Gasteiger partial charge in [-0.15, -0.1) is 0 Å². The van der Waals surface area contributed by atoms with Crippen molar-refractivity contribution in [2.75, 3.05) is 149 Å². The van der Waals surface area contributed by atoms with E-state index in [0.717, 1.165) is 25.7 Å². The Balaban J connectivity index is -0.000000181. The molecule has 0 rings (SSSR count). The smallest absolute Gasteiger partial charge is 0.314 e. The fourth-order valence-corrected chi connectivity index (χ4v) is 5.15. The van der Waals surface area contributed by atoms with E-state index in [-0.39, 0.29) is 59.5 Å². The Hall–Kier alpha value is -3.66. The number of unbranched alkanes of at least 4 members (excludes halogenated alkanes) is 9. The highest BCUT2D eigenvalue weighted by atomic mass is 16.7. The number of aliphatic carboxylic acids is 6. The molecule has 0 aliphatic heterocycles. The van der Waals surface area contributed by atoms with Crippen LogP contribution in [0.25, 0.3) is 0 Å². The van der Waals surface area contributed by atoms with Crippen LogP contribution in [0.15, 0.2) is 0 Å². The zero-order valence-electron chi connectivity index (χ0n) is 45.4. The summed E-state index contributed by atoms with van der Waals surface area (Å²) in [5.74, 6) is -6.61. The van der Waals surface area contributed by atoms with Gasteiger partial charge in [-0.05, 0) is 26.2 Å². The third-order valence-electron chi connectivity index (χ3n) is 10.5. The summed E-state index contributed by atoms with van der Waals surface area (Å²) in [4.78, 5) is 72.4. The summed E-state index contributed by atoms with van der Waals surface area (Å²) in [6.45, 7) is 7.70. The number of nitrogens with zero attached hydrogens (tertiary/aromatic N) is 4. The summed E-state index contributed by atoms with van der Waals surface area (Å²) >= 11 is 0. The van der Waals surface area contributed by atoms with Crippen LogP contribution in [-0.2, 0) is 38.4 Å². The molecule has 0 atom stereocenters. The monoisotopic (exact) mass is 1040 g/mol. The first kappa shape index (κ1) is 78.8. The van der Waals surface area contributed by atoms with Crippen LogP contribution in [0.4, 0.5) is 0 Å². The quantitative estimate of drug-likeness (QED) is 0.0172. The summed E-state index contributed by atoms with van der Waals surface area (Å²) in [6, 6.07) is 0. The number of carboxylic acid groups (broad SMARTS) is 6. The predicted molar refractivity (Wildman–Crippen MR) is 255 cm³/mol. The number of carbonyl (C=O) groups is 6. The third kappa shape index (κ3) is 54.0. The second-order valence-electron chi connectivity index (χ2n) is 19.6. The molecule has 0 aromatic carbocycles. The van der Waals surface area contributed by atoms with Crippen LogP contribution in [0.3, 0.4) is 0 Å². The van der Waals surface area contributed by atoms with E-state index in [4.69, 9.17) is 50.5 Å². The van der Waals surface area contributed by atoms with E-state index in [1.165, 1.54) is 51.9 Å². The molecular formula is C47H98N4O20. The fourth-order valence-electron chi connectivity index (χ4n) is 5.15. The van der Waals surface area contributed by atoms with E-state index in [1.807, 2.05) is 14.1 Å². The van der Waals surface area contributed by atoms with Crippen molar-refractivity contribution in [2.45, 2.75) is 111 Å². The topological polar surface area (TPSA) is 375 Å². The van der Waals surface area contributed by atoms with Crippen LogP contribution < -0.4 is 20.4 Å². The van der Waals surface area contributed by atoms with Gasteiger partial charge in [0, 0.05) is 12.4 Å². The van der Waals surface area contributed by atoms with Gasteiger partial charge in [0.05, 0.1) is 120 Å². The second-order valence-corrected chi connectivity index (χ2v) is 19.6. The molecule has 0 aromatic rings. The minimum atomic E-state index is -1.39. The lowest BCUT2D eigenvalue weighted by atomic mass is 9.87. The van der Waals surface area contributed by atoms with Gasteiger partial charge in [-0.25, -0.2) is 9.68 Å². The molecule has 0 saturated heterocycles. The van der Waals surface area contributed by atoms with E-state index in [1.54, 1.807) is 49.2 Å². The normalized spacial score (nSPS) is 11.6. The van der Waals surface area contributed by atoms with Crippen LogP contribution >= 0.6 is 0 Å². The Morgan fingerprint density at radius 2 is 0.789 bits per heavy atom. The number of rotatable bonds is 35. The van der Waals surface area contributed by atoms with E-state index >= 15 is 0 Å². The Morgan fingerprint density at radius 3 is 1.03 bits per heavy atom. The minimum absolute atomic E-state index is 0.000278. The minimum Gasteiger partial charge on any atom is -0.550 e. The van der Waals surface area contributed by atoms with Crippen molar-refractivity contribution in [1.29, 1.82) is 0 Å². The zero-order valence-corrected chi connectivity index (χ0v) is 45.4. The van der Waals surface area contributed by atoms with Crippen LogP contribution in [0.2, 0.25) is 0 Å². The molecule has 0 amide bonds. The Bertz CT molecular complexity index is 1370. The van der Waals surface area contributed by atoms with Gasteiger partial charge >= 0.3 is 11.9 Å². The van der Waals surface area contributed by atoms with Crippen molar-refractivity contribution in [1.82, 2.24) is 0 Å². The standard InChI is InChI=1S/C13H27NO3.C10H21NO3.C7H15NO3.C6H13NO3.C6H12O4.C5H10O4/c1-4-5-6-7-8-9-10-11-17-14(2,3)12-13(15)16;1-4-5-6-7-8-14-11(2,3)9-10(12)13;1-8(2,5-6-9)4-3-7(10)11;1-7(2,3-4-8)5-6(9)10;1-2-6(3-7,4-8)5(9)10;1-5(2-6,3-7)4(8)9/h4-12H2,1-3H3;4-9H2,1-3H3;9H,3-6H2,1-2H3;8H,3-5H2,1-2H3;7-8H,2-4H2,1H3,(H,9,10);6-7H,2-3H2,1H3,(H,8,9). The molecule has 0 fully saturated rings. The van der Waals surface area contributed by atoms with Crippen LogP contribution in [0.1, 0.15) is 111 Å². The molecule has 24 nitrogen and oxygen atoms in total. The maximum atomic E-state index is 10.4. The molecule has 426 valence electrons. The van der Waals surface area contributed by atoms with Gasteiger partial charge in [0.25, 0.3) is 0 Å². The molecule has 0 aliphatic carbocycles. The maximum absolute atomic E-state index is 10.4. The number of quaternary nitrogens is 4. The zero-order chi connectivity index (χ0) is 57.0. The number of hydroxylamine groups is 6. The number of hydrogen-bond acceptors (Lipinski definition) is 18. The molecule has 8 N–H and O–H groups in total. The van der Waals surface area contributed by atoms with Crippen molar-refractivity contribution >= 4 is 35.8 Å². The molecule has 0 saturated carbocycles. The first-order valence-corrected chi connectivity index (χ1v) is 24.1. The van der Waals surface area contributed by atoms with Crippen molar-refractivity contribution in [3.05, 3.63) is 0 Å². The lowest BCUT2D eigenvalue weighted by molar-refractivity contribution is -1.07. The molecule has 71 heavy (non-hydrogen) atoms. The van der Waals surface area contributed by atoms with Crippen molar-refractivity contribution < 1.29 is 118 Å². The van der Waals surface area contributed by atoms with Crippen LogP contribution in [0, 0.1) is 10.8 Å². The number of hydrogen-bond donors (Lipinski definition) is 8. The molecule has 0 spiro atoms. The summed E-state index contributed by atoms with van der Waals surface area (Å²) < 4.78 is 0.857. The van der Waals surface area contributed by atoms with Gasteiger partial charge in [0.15, 0.2) is 0 Å². The first-order valence-electron chi connectivity index (χ1n) is 24.1. The highest BCUT2D eigenvalue weighted by molar-refractivity contribution is 5.75. The number of carboxylic acids is 6. The number of aliphatic hydroxyl groups excluding tert-OH is 6. The molecular weight excluding hydrogens is 941 g/mol. The average molecular weight is 1040 g/mol. The summed E-state index contributed by atoms with van der Waals surface area (Å²) in [5.41, 5.74) is -2.74. The predicted octanol–water partition coefficient (Wildman–Crippen LogP) is -3.67. The van der Waals surface area contributed by atoms with Gasteiger partial charge in [-0.2, -0.15) is 9.29 Å². The molecule has 0 bridgehead atoms. The highest BCUT2D eigenvalue weighted by Crippen LogP contribution is 2.20. The lowest BCUT2D eigenvalue weighted by Crippen LogP contribution is -2.49. The van der Waals surface area contributed by atoms with E-state index in [9.17, 15) is 49.2 Å². The Labute approximate surface area is 423 Å². The van der Waals surface area contributed by atoms with E-state index in [0.29, 0.717) is 37.3 Å². The molecule has 0 heterocycles. The summed E-state index contributed by atoms with van der Waals surface area (Å²) in [6.07, 6.45) is 13.4. The largest absolute Gasteiger partial charge is 0.550 e. The van der Waals surface area contributed by atoms with Crippen molar-refractivity contribution in [3.63, 3.8) is 0 Å². The highest BCUT2D eigenvalue weighted by Gasteiger charge is 2.35. The fraction of sp³-hybridized carbons (Fsp3) is 0.872. The summed E-state index contributed by atoms with van der Waals surface area (Å²) in [7, 11) is 14.1. The summed E-state index contributed by atoms with van der Waals surface area (Å²) in [5, 5.41) is 109. The Morgan fingerprint density at radius 1 is 0.451 bits per heavy atom. The maximum Gasteiger partial charge on any atom is 0.314 e. The first-order chi connectivity index (χ1) is 32.6. The van der Waals surface area contributed by atoms with Crippen molar-refractivity contribution in [2.24, 2.45) is 10.8 Å². The number of aliphatic hydroxyl groups is 6. The second kappa shape index (κ2) is 45.0. The molecule has 0 radical (unpaired) electrons. The third-order valence-corrected chi connectivity index (χ3v) is 10.5. The molecule has 24 heteroatoms. The van der Waals surface area contributed by atoms with Crippen LogP contribution in [-0.4, -0.2) is 243 Å². The average Bonchev–Trinajstić information content (AvgIpc) is 3.24. The van der Waals surface area contributed by atoms with E-state index < -0.39 is 73.1 Å². The van der Waals surface area contributed by atoms with Gasteiger partial charge in [-0.3, -0.25) is 9.59 Å². The number of carbonyl (C=O) groups excluding carboxylic acids is 4. The van der Waals surface area contributed by atoms with Crippen molar-refractivity contribution in [3.8, 4) is 0 Å². The molecule has 0 aliphatic rings. The van der Waals surface area contributed by atoms with Gasteiger partial charge in [-0.1, -0.05) is 78.6 Å². The van der Waals surface area contributed by atoms with Gasteiger partial charge in [0.1, 0.15) is 56.8 Å². The SMILES string of the molecule is CC(CO)(CO)C(=O)O.CCC(CO)(CO)C(=O)O.CCCCCCCCCO[N+](C)(C)CC(=O)[O-].CCCCCCO[N+](C)(C)CC(=O)[O-].C[N+](C)(CCO)CC(=O)[O-].C[N+](C)(CCO)CCC(=O)[O-]. The molecule has 0 unspecified atom stereocenters. The number of likely N-dealkylation sites (N-methyl/N-ethyl adjacent to an activating group) is 4. The van der Waals surface area contributed by atoms with E-state index in [2.05, 4.69) is 13.8 Å². The van der Waals surface area contributed by atoms with Gasteiger partial charge in [0.2, 0.25) is 0 Å². The van der Waals surface area contributed by atoms with Crippen LogP contribution in [0.5, 0.6) is 0 Å². The Kier molecular flexibility index (Phi) is 49.9. The van der Waals surface area contributed by atoms with Gasteiger partial charge < -0.3 is 89.4 Å². The lowest BCUT2D eigenvalue weighted by Gasteiger charge is -2.28. The molecule has 0 aromatic heterocycles.